The minimum atomic E-state index is -0.714. The largest absolute Gasteiger partial charge is 0.504 e. The molecule has 4 rings (SSSR count). The van der Waals surface area contributed by atoms with Crippen molar-refractivity contribution in [3.8, 4) is 11.5 Å². The Kier molecular flexibility index (Phi) is 6.79. The standard InChI is InChI=1S/C26H27N3O5S/c1-6-34-25(32)22-15(2)29-24(31)21(13-16-7-10-18(11-8-16)28(3)4)35-26(29)27-23(22)17-9-12-19(30)20(14-17)33-5/h7-14,23,30H,6H2,1-5H3/b21-13+/t23-/m1/s1. The molecule has 0 amide bonds. The van der Waals surface area contributed by atoms with Crippen LogP contribution in [0.3, 0.4) is 0 Å². The van der Waals surface area contributed by atoms with Gasteiger partial charge in [-0.15, -0.1) is 0 Å². The van der Waals surface area contributed by atoms with E-state index in [-0.39, 0.29) is 29.2 Å². The molecule has 0 radical (unpaired) electrons. The monoisotopic (exact) mass is 493 g/mol. The number of phenolic OH excluding ortho intramolecular Hbond substituents is 1. The number of rotatable bonds is 6. The third-order valence-electron chi connectivity index (χ3n) is 5.77. The second kappa shape index (κ2) is 9.79. The van der Waals surface area contributed by atoms with E-state index in [0.29, 0.717) is 20.6 Å². The van der Waals surface area contributed by atoms with E-state index in [4.69, 9.17) is 14.5 Å². The number of nitrogens with zero attached hydrogens (tertiary/aromatic N) is 3. The molecule has 0 saturated carbocycles. The molecule has 0 fully saturated rings. The summed E-state index contributed by atoms with van der Waals surface area (Å²) < 4.78 is 12.5. The van der Waals surface area contributed by atoms with E-state index in [0.717, 1.165) is 11.3 Å². The van der Waals surface area contributed by atoms with E-state index in [9.17, 15) is 14.7 Å². The number of ether oxygens (including phenoxy) is 2. The zero-order valence-electron chi connectivity index (χ0n) is 20.2. The molecule has 0 saturated heterocycles. The maximum Gasteiger partial charge on any atom is 0.338 e. The molecule has 1 aliphatic rings. The number of anilines is 1. The van der Waals surface area contributed by atoms with Crippen molar-refractivity contribution in [3.05, 3.63) is 78.9 Å². The summed E-state index contributed by atoms with van der Waals surface area (Å²) in [4.78, 5) is 33.6. The quantitative estimate of drug-likeness (QED) is 0.531. The van der Waals surface area contributed by atoms with Gasteiger partial charge in [0.25, 0.3) is 5.56 Å². The van der Waals surface area contributed by atoms with Crippen molar-refractivity contribution in [1.82, 2.24) is 4.57 Å². The third-order valence-corrected chi connectivity index (χ3v) is 6.75. The van der Waals surface area contributed by atoms with E-state index in [1.165, 1.54) is 29.1 Å². The molecule has 0 spiro atoms. The van der Waals surface area contributed by atoms with Crippen molar-refractivity contribution >= 4 is 34.8 Å². The van der Waals surface area contributed by atoms with Gasteiger partial charge in [0.1, 0.15) is 6.04 Å². The lowest BCUT2D eigenvalue weighted by Gasteiger charge is -2.22. The molecule has 1 atom stereocenters. The fraction of sp³-hybridized carbons (Fsp3) is 0.269. The number of benzene rings is 2. The number of esters is 1. The van der Waals surface area contributed by atoms with Crippen LogP contribution < -0.4 is 24.5 Å². The number of carbonyl (C=O) groups is 1. The zero-order valence-corrected chi connectivity index (χ0v) is 21.0. The smallest absolute Gasteiger partial charge is 0.338 e. The predicted octanol–water partition coefficient (Wildman–Crippen LogP) is 2.69. The van der Waals surface area contributed by atoms with Crippen LogP contribution in [0, 0.1) is 0 Å². The topological polar surface area (TPSA) is 93.4 Å². The van der Waals surface area contributed by atoms with Crippen molar-refractivity contribution in [3.63, 3.8) is 0 Å². The van der Waals surface area contributed by atoms with Gasteiger partial charge in [-0.2, -0.15) is 0 Å². The summed E-state index contributed by atoms with van der Waals surface area (Å²) in [5.41, 5.74) is 3.08. The molecule has 0 unspecified atom stereocenters. The SMILES string of the molecule is CCOC(=O)C1=C(C)n2c(s/c(=C/c3ccc(N(C)C)cc3)c2=O)=N[C@@H]1c1ccc(O)c(OC)c1. The second-order valence-electron chi connectivity index (χ2n) is 8.20. The summed E-state index contributed by atoms with van der Waals surface area (Å²) in [6, 6.07) is 12.0. The maximum absolute atomic E-state index is 13.4. The van der Waals surface area contributed by atoms with Crippen LogP contribution in [0.1, 0.15) is 31.0 Å². The van der Waals surface area contributed by atoms with Gasteiger partial charge in [-0.1, -0.05) is 29.5 Å². The molecule has 35 heavy (non-hydrogen) atoms. The van der Waals surface area contributed by atoms with E-state index in [2.05, 4.69) is 0 Å². The van der Waals surface area contributed by atoms with Gasteiger partial charge in [0.15, 0.2) is 16.3 Å². The molecule has 8 nitrogen and oxygen atoms in total. The Morgan fingerprint density at radius 2 is 1.94 bits per heavy atom. The fourth-order valence-corrected chi connectivity index (χ4v) is 4.98. The zero-order chi connectivity index (χ0) is 25.3. The number of aromatic nitrogens is 1. The summed E-state index contributed by atoms with van der Waals surface area (Å²) in [5, 5.41) is 10.0. The van der Waals surface area contributed by atoms with Crippen LogP contribution in [0.4, 0.5) is 5.69 Å². The first kappa shape index (κ1) is 24.3. The van der Waals surface area contributed by atoms with Crippen LogP contribution in [-0.2, 0) is 9.53 Å². The van der Waals surface area contributed by atoms with E-state index >= 15 is 0 Å². The van der Waals surface area contributed by atoms with Gasteiger partial charge < -0.3 is 19.5 Å². The third kappa shape index (κ3) is 4.59. The highest BCUT2D eigenvalue weighted by atomic mass is 32.1. The van der Waals surface area contributed by atoms with E-state index in [1.54, 1.807) is 26.0 Å². The molecule has 1 aromatic heterocycles. The fourth-order valence-electron chi connectivity index (χ4n) is 3.94. The molecule has 1 aliphatic heterocycles. The molecule has 9 heteroatoms. The molecule has 1 N–H and O–H groups in total. The number of thiazole rings is 1. The molecule has 182 valence electrons. The van der Waals surface area contributed by atoms with Gasteiger partial charge in [-0.3, -0.25) is 9.36 Å². The van der Waals surface area contributed by atoms with Crippen molar-refractivity contribution in [1.29, 1.82) is 0 Å². The Labute approximate surface area is 206 Å². The number of carbonyl (C=O) groups excluding carboxylic acids is 1. The summed E-state index contributed by atoms with van der Waals surface area (Å²) in [5.74, 6) is -0.294. The molecule has 2 heterocycles. The van der Waals surface area contributed by atoms with Crippen LogP contribution in [0.25, 0.3) is 11.8 Å². The number of fused-ring (bicyclic) bond motifs is 1. The average molecular weight is 494 g/mol. The van der Waals surface area contributed by atoms with Gasteiger partial charge in [0, 0.05) is 25.5 Å². The second-order valence-corrected chi connectivity index (χ2v) is 9.21. The highest BCUT2D eigenvalue weighted by Crippen LogP contribution is 2.36. The average Bonchev–Trinajstić information content (AvgIpc) is 3.14. The molecule has 0 aliphatic carbocycles. The van der Waals surface area contributed by atoms with Gasteiger partial charge in [-0.05, 0) is 55.3 Å². The van der Waals surface area contributed by atoms with Gasteiger partial charge in [0.05, 0.1) is 23.8 Å². The Hall–Kier alpha value is -3.85. The van der Waals surface area contributed by atoms with Crippen molar-refractivity contribution < 1.29 is 19.4 Å². The summed E-state index contributed by atoms with van der Waals surface area (Å²) in [7, 11) is 5.39. The Morgan fingerprint density at radius 3 is 2.57 bits per heavy atom. The first-order valence-electron chi connectivity index (χ1n) is 11.1. The normalized spacial score (nSPS) is 15.5. The highest BCUT2D eigenvalue weighted by Gasteiger charge is 2.31. The molecular formula is C26H27N3O5S. The predicted molar refractivity (Wildman–Crippen MR) is 137 cm³/mol. The van der Waals surface area contributed by atoms with Crippen LogP contribution in [0.15, 0.2) is 57.8 Å². The lowest BCUT2D eigenvalue weighted by molar-refractivity contribution is -0.138. The van der Waals surface area contributed by atoms with Crippen LogP contribution >= 0.6 is 11.3 Å². The Bertz CT molecular complexity index is 1480. The molecule has 3 aromatic rings. The number of allylic oxidation sites excluding steroid dienone is 1. The van der Waals surface area contributed by atoms with Crippen LogP contribution in [0.2, 0.25) is 0 Å². The first-order chi connectivity index (χ1) is 16.7. The Morgan fingerprint density at radius 1 is 1.23 bits per heavy atom. The summed E-state index contributed by atoms with van der Waals surface area (Å²) in [6.07, 6.45) is 1.82. The number of aromatic hydroxyl groups is 1. The van der Waals surface area contributed by atoms with Crippen LogP contribution in [0.5, 0.6) is 11.5 Å². The first-order valence-corrected chi connectivity index (χ1v) is 11.9. The summed E-state index contributed by atoms with van der Waals surface area (Å²) >= 11 is 1.26. The molecular weight excluding hydrogens is 466 g/mol. The lowest BCUT2D eigenvalue weighted by atomic mass is 9.96. The number of phenols is 1. The molecule has 0 bridgehead atoms. The van der Waals surface area contributed by atoms with Crippen molar-refractivity contribution in [2.75, 3.05) is 32.7 Å². The van der Waals surface area contributed by atoms with Gasteiger partial charge >= 0.3 is 5.97 Å². The van der Waals surface area contributed by atoms with Crippen molar-refractivity contribution in [2.45, 2.75) is 19.9 Å². The van der Waals surface area contributed by atoms with E-state index in [1.807, 2.05) is 49.3 Å². The van der Waals surface area contributed by atoms with Gasteiger partial charge in [0.2, 0.25) is 0 Å². The number of hydrogen-bond donors (Lipinski definition) is 1. The minimum Gasteiger partial charge on any atom is -0.504 e. The van der Waals surface area contributed by atoms with Crippen molar-refractivity contribution in [2.24, 2.45) is 4.99 Å². The molecule has 2 aromatic carbocycles. The van der Waals surface area contributed by atoms with Gasteiger partial charge in [-0.25, -0.2) is 9.79 Å². The minimum absolute atomic E-state index is 0.0179. The maximum atomic E-state index is 13.4. The highest BCUT2D eigenvalue weighted by molar-refractivity contribution is 7.07. The van der Waals surface area contributed by atoms with Crippen LogP contribution in [-0.4, -0.2) is 43.5 Å². The number of hydrogen-bond acceptors (Lipinski definition) is 8. The van der Waals surface area contributed by atoms with E-state index < -0.39 is 12.0 Å². The Balaban J connectivity index is 1.90. The summed E-state index contributed by atoms with van der Waals surface area (Å²) in [6.45, 7) is 3.64. The lowest BCUT2D eigenvalue weighted by Crippen LogP contribution is -2.35. The number of methoxy groups -OCH3 is 1.